The number of nitrogens with zero attached hydrogens (tertiary/aromatic N) is 2. The van der Waals surface area contributed by atoms with Crippen LogP contribution in [0.4, 0.5) is 4.79 Å². The molecular formula is C20H25N3O4. The lowest BCUT2D eigenvalue weighted by Crippen LogP contribution is -2.49. The van der Waals surface area contributed by atoms with Crippen molar-refractivity contribution in [2.45, 2.75) is 25.1 Å². The molecule has 7 heteroatoms. The van der Waals surface area contributed by atoms with Crippen molar-refractivity contribution in [1.82, 2.24) is 15.2 Å². The van der Waals surface area contributed by atoms with Crippen LogP contribution in [0.5, 0.6) is 5.75 Å². The number of aliphatic hydroxyl groups excluding tert-OH is 1. The van der Waals surface area contributed by atoms with Crippen LogP contribution < -0.4 is 10.1 Å². The average Bonchev–Trinajstić information content (AvgIpc) is 3.10. The number of aromatic nitrogens is 1. The Labute approximate surface area is 158 Å². The minimum Gasteiger partial charge on any atom is -0.497 e. The highest BCUT2D eigenvalue weighted by Gasteiger charge is 2.29. The van der Waals surface area contributed by atoms with E-state index in [9.17, 15) is 9.90 Å². The molecule has 1 aromatic carbocycles. The number of benzene rings is 1. The molecule has 2 N–H and O–H groups in total. The molecule has 2 amide bonds. The number of urea groups is 1. The standard InChI is InChI=1S/C20H25N3O4/c1-26-17-4-2-15(3-5-17)8-11-23(12-16-6-9-21-10-7-16)20(25)22-18-13-27-14-19(18)24/h2-7,9-10,18-19,24H,8,11-14H2,1H3,(H,22,25)/t18-,19-/m0/s1. The number of carbonyl (C=O) groups is 1. The van der Waals surface area contributed by atoms with Gasteiger partial charge in [0.2, 0.25) is 0 Å². The molecule has 1 aromatic heterocycles. The van der Waals surface area contributed by atoms with E-state index in [1.807, 2.05) is 36.4 Å². The summed E-state index contributed by atoms with van der Waals surface area (Å²) in [5, 5.41) is 12.8. The molecule has 1 aliphatic rings. The Morgan fingerprint density at radius 3 is 2.59 bits per heavy atom. The van der Waals surface area contributed by atoms with Gasteiger partial charge in [0.05, 0.1) is 32.5 Å². The van der Waals surface area contributed by atoms with Crippen LogP contribution in [-0.2, 0) is 17.7 Å². The molecule has 2 aromatic rings. The molecule has 2 heterocycles. The summed E-state index contributed by atoms with van der Waals surface area (Å²) in [7, 11) is 1.64. The molecule has 0 spiro atoms. The molecule has 1 fully saturated rings. The van der Waals surface area contributed by atoms with Crippen molar-refractivity contribution < 1.29 is 19.4 Å². The average molecular weight is 371 g/mol. The zero-order chi connectivity index (χ0) is 19.1. The Balaban J connectivity index is 1.65. The molecule has 0 saturated carbocycles. The SMILES string of the molecule is COc1ccc(CCN(Cc2ccncc2)C(=O)N[C@H]2COC[C@@H]2O)cc1. The van der Waals surface area contributed by atoms with Crippen molar-refractivity contribution in [1.29, 1.82) is 0 Å². The van der Waals surface area contributed by atoms with Crippen LogP contribution in [0.1, 0.15) is 11.1 Å². The van der Waals surface area contributed by atoms with Gasteiger partial charge in [0.25, 0.3) is 0 Å². The van der Waals surface area contributed by atoms with E-state index in [1.54, 1.807) is 24.4 Å². The first-order chi connectivity index (χ1) is 13.2. The number of hydrogen-bond donors (Lipinski definition) is 2. The van der Waals surface area contributed by atoms with E-state index in [2.05, 4.69) is 10.3 Å². The van der Waals surface area contributed by atoms with Crippen LogP contribution in [0.15, 0.2) is 48.8 Å². The second kappa shape index (κ2) is 9.34. The highest BCUT2D eigenvalue weighted by atomic mass is 16.5. The van der Waals surface area contributed by atoms with Crippen molar-refractivity contribution in [2.75, 3.05) is 26.9 Å². The monoisotopic (exact) mass is 371 g/mol. The number of aliphatic hydroxyl groups is 1. The summed E-state index contributed by atoms with van der Waals surface area (Å²) < 4.78 is 10.4. The van der Waals surface area contributed by atoms with Gasteiger partial charge >= 0.3 is 6.03 Å². The summed E-state index contributed by atoms with van der Waals surface area (Å²) in [6.45, 7) is 1.59. The van der Waals surface area contributed by atoms with Gasteiger partial charge < -0.3 is 24.8 Å². The van der Waals surface area contributed by atoms with Crippen molar-refractivity contribution in [3.8, 4) is 5.75 Å². The Hall–Kier alpha value is -2.64. The minimum absolute atomic E-state index is 0.213. The number of pyridine rings is 1. The van der Waals surface area contributed by atoms with E-state index in [0.29, 0.717) is 26.1 Å². The van der Waals surface area contributed by atoms with Crippen molar-refractivity contribution in [3.63, 3.8) is 0 Å². The third kappa shape index (κ3) is 5.42. The zero-order valence-corrected chi connectivity index (χ0v) is 15.4. The number of nitrogens with one attached hydrogen (secondary N) is 1. The van der Waals surface area contributed by atoms with Gasteiger partial charge in [0.1, 0.15) is 5.75 Å². The van der Waals surface area contributed by atoms with E-state index < -0.39 is 6.10 Å². The zero-order valence-electron chi connectivity index (χ0n) is 15.4. The van der Waals surface area contributed by atoms with Gasteiger partial charge in [-0.25, -0.2) is 4.79 Å². The molecular weight excluding hydrogens is 346 g/mol. The van der Waals surface area contributed by atoms with Gasteiger partial charge in [-0.15, -0.1) is 0 Å². The van der Waals surface area contributed by atoms with Gasteiger partial charge in [-0.3, -0.25) is 4.98 Å². The van der Waals surface area contributed by atoms with Crippen LogP contribution >= 0.6 is 0 Å². The number of ether oxygens (including phenoxy) is 2. The maximum Gasteiger partial charge on any atom is 0.318 e. The summed E-state index contributed by atoms with van der Waals surface area (Å²) in [6, 6.07) is 11.0. The first-order valence-corrected chi connectivity index (χ1v) is 8.99. The maximum atomic E-state index is 12.8. The summed E-state index contributed by atoms with van der Waals surface area (Å²) in [5.41, 5.74) is 2.12. The largest absolute Gasteiger partial charge is 0.497 e. The molecule has 0 bridgehead atoms. The van der Waals surface area contributed by atoms with Crippen LogP contribution in [0.25, 0.3) is 0 Å². The van der Waals surface area contributed by atoms with E-state index in [4.69, 9.17) is 9.47 Å². The normalized spacial score (nSPS) is 18.9. The third-order valence-corrected chi connectivity index (χ3v) is 4.60. The number of methoxy groups -OCH3 is 1. The predicted molar refractivity (Wildman–Crippen MR) is 100 cm³/mol. The first kappa shape index (κ1) is 19.1. The molecule has 1 aliphatic heterocycles. The van der Waals surface area contributed by atoms with Crippen molar-refractivity contribution >= 4 is 6.03 Å². The smallest absolute Gasteiger partial charge is 0.318 e. The van der Waals surface area contributed by atoms with Crippen molar-refractivity contribution in [2.24, 2.45) is 0 Å². The predicted octanol–water partition coefficient (Wildman–Crippen LogP) is 1.60. The molecule has 0 aliphatic carbocycles. The quantitative estimate of drug-likeness (QED) is 0.772. The number of hydrogen-bond acceptors (Lipinski definition) is 5. The topological polar surface area (TPSA) is 83.9 Å². The number of amides is 2. The fourth-order valence-corrected chi connectivity index (χ4v) is 2.95. The Bertz CT molecular complexity index is 724. The number of carbonyl (C=O) groups excluding carboxylic acids is 1. The highest BCUT2D eigenvalue weighted by molar-refractivity contribution is 5.74. The fourth-order valence-electron chi connectivity index (χ4n) is 2.95. The van der Waals surface area contributed by atoms with Crippen molar-refractivity contribution in [3.05, 3.63) is 59.9 Å². The van der Waals surface area contributed by atoms with E-state index >= 15 is 0 Å². The molecule has 0 unspecified atom stereocenters. The molecule has 7 nitrogen and oxygen atoms in total. The summed E-state index contributed by atoms with van der Waals surface area (Å²) >= 11 is 0. The molecule has 27 heavy (non-hydrogen) atoms. The molecule has 0 radical (unpaired) electrons. The summed E-state index contributed by atoms with van der Waals surface area (Å²) in [4.78, 5) is 18.5. The van der Waals surface area contributed by atoms with Crippen LogP contribution in [0, 0.1) is 0 Å². The maximum absolute atomic E-state index is 12.8. The lowest BCUT2D eigenvalue weighted by molar-refractivity contribution is 0.121. The first-order valence-electron chi connectivity index (χ1n) is 8.99. The van der Waals surface area contributed by atoms with Crippen LogP contribution in [0.3, 0.4) is 0 Å². The second-order valence-corrected chi connectivity index (χ2v) is 6.54. The van der Waals surface area contributed by atoms with E-state index in [1.165, 1.54) is 0 Å². The van der Waals surface area contributed by atoms with E-state index in [0.717, 1.165) is 16.9 Å². The van der Waals surface area contributed by atoms with Gasteiger partial charge in [-0.1, -0.05) is 12.1 Å². The lowest BCUT2D eigenvalue weighted by atomic mass is 10.1. The number of rotatable bonds is 7. The Morgan fingerprint density at radius 2 is 1.96 bits per heavy atom. The summed E-state index contributed by atoms with van der Waals surface area (Å²) in [5.74, 6) is 0.806. The minimum atomic E-state index is -0.668. The fraction of sp³-hybridized carbons (Fsp3) is 0.400. The van der Waals surface area contributed by atoms with Gasteiger partial charge in [-0.2, -0.15) is 0 Å². The second-order valence-electron chi connectivity index (χ2n) is 6.54. The third-order valence-electron chi connectivity index (χ3n) is 4.60. The molecule has 3 rings (SSSR count). The Kier molecular flexibility index (Phi) is 6.62. The molecule has 1 saturated heterocycles. The van der Waals surface area contributed by atoms with Crippen LogP contribution in [0.2, 0.25) is 0 Å². The van der Waals surface area contributed by atoms with Crippen LogP contribution in [-0.4, -0.2) is 60.0 Å². The molecule has 144 valence electrons. The lowest BCUT2D eigenvalue weighted by Gasteiger charge is -2.26. The van der Waals surface area contributed by atoms with Gasteiger partial charge in [0.15, 0.2) is 0 Å². The van der Waals surface area contributed by atoms with Gasteiger partial charge in [0, 0.05) is 25.5 Å². The highest BCUT2D eigenvalue weighted by Crippen LogP contribution is 2.13. The van der Waals surface area contributed by atoms with E-state index in [-0.39, 0.29) is 18.7 Å². The molecule has 2 atom stereocenters. The van der Waals surface area contributed by atoms with Gasteiger partial charge in [-0.05, 0) is 41.8 Å². The summed E-state index contributed by atoms with van der Waals surface area (Å²) in [6.07, 6.45) is 3.47. The Morgan fingerprint density at radius 1 is 1.22 bits per heavy atom.